The van der Waals surface area contributed by atoms with Crippen LogP contribution in [0.25, 0.3) is 0 Å². The summed E-state index contributed by atoms with van der Waals surface area (Å²) in [6.07, 6.45) is 17.4. The number of unbranched alkanes of at least 4 members (excludes halogenated alkanes) is 13. The number of benzene rings is 4. The van der Waals surface area contributed by atoms with Gasteiger partial charge < -0.3 is 35.4 Å². The average molecular weight is 1050 g/mol. The molecule has 0 aliphatic carbocycles. The number of carbonyl (C=O) groups excluding carboxylic acids is 4. The molecule has 386 valence electrons. The van der Waals surface area contributed by atoms with Crippen LogP contribution >= 0.6 is 0 Å². The number of hydrogen-bond donors (Lipinski definition) is 0. The van der Waals surface area contributed by atoms with E-state index in [2.05, 4.69) is 13.8 Å². The smallest absolute Gasteiger partial charge is 0.462 e. The highest BCUT2D eigenvalue weighted by molar-refractivity contribution is 6.72. The topological polar surface area (TPSA) is 142 Å². The Balaban J connectivity index is 0.823. The van der Waals surface area contributed by atoms with Crippen LogP contribution in [0.15, 0.2) is 97.1 Å². The summed E-state index contributed by atoms with van der Waals surface area (Å²) in [5.74, 6) is 1.41. The number of hydrogen-bond acceptors (Lipinski definition) is 12. The molecule has 72 heavy (non-hydrogen) atoms. The molecule has 0 saturated carbocycles. The lowest BCUT2D eigenvalue weighted by Gasteiger charge is -2.36. The molecular weight excluding hydrogens is 977 g/mol. The quantitative estimate of drug-likeness (QED) is 0.0377. The predicted octanol–water partition coefficient (Wildman–Crippen LogP) is 14.8. The Morgan fingerprint density at radius 2 is 0.486 bits per heavy atom. The highest BCUT2D eigenvalue weighted by atomic mass is 28.4. The molecule has 12 nitrogen and oxygen atoms in total. The lowest BCUT2D eigenvalue weighted by molar-refractivity contribution is 0.0636. The van der Waals surface area contributed by atoms with Crippen molar-refractivity contribution in [1.82, 2.24) is 0 Å². The Morgan fingerprint density at radius 1 is 0.264 bits per heavy atom. The standard InChI is InChI=1S/C56H74O12Si4/c1-3-5-6-7-22-39-70(62-50-34-19-15-30-46(50)54(58)66-70)40-25-10-11-26-43-72(64-52-36-21-17-32-48(52)56(60)68-72)44-28-13-12-27-42-71(63-51-35-20-16-31-47(51)55(59)67-71)41-24-9-8-23-38-69(37-4-2)61-49-33-18-14-29-45(49)53(57)65-69/h14-21,29-36H,3-13,22-28,37-44H2,1-2H3. The molecule has 16 heteroatoms. The third-order valence-corrected chi connectivity index (χ3v) is 28.3. The molecule has 0 saturated heterocycles. The van der Waals surface area contributed by atoms with E-state index in [1.165, 1.54) is 19.3 Å². The van der Waals surface area contributed by atoms with E-state index in [4.69, 9.17) is 35.4 Å². The summed E-state index contributed by atoms with van der Waals surface area (Å²) < 4.78 is 51.6. The lowest BCUT2D eigenvalue weighted by atomic mass is 10.2. The van der Waals surface area contributed by atoms with Crippen molar-refractivity contribution < 1.29 is 54.6 Å². The van der Waals surface area contributed by atoms with Gasteiger partial charge in [-0.2, -0.15) is 0 Å². The number of para-hydroxylation sites is 4. The molecule has 4 unspecified atom stereocenters. The summed E-state index contributed by atoms with van der Waals surface area (Å²) in [5.41, 5.74) is 1.96. The minimum atomic E-state index is -2.96. The van der Waals surface area contributed by atoms with Gasteiger partial charge >= 0.3 is 58.1 Å². The van der Waals surface area contributed by atoms with E-state index in [9.17, 15) is 19.2 Å². The molecule has 0 fully saturated rings. The van der Waals surface area contributed by atoms with Gasteiger partial charge in [0.15, 0.2) is 0 Å². The van der Waals surface area contributed by atoms with E-state index >= 15 is 0 Å². The van der Waals surface area contributed by atoms with E-state index < -0.39 is 34.2 Å². The van der Waals surface area contributed by atoms with Gasteiger partial charge in [0.05, 0.1) is 22.3 Å². The number of rotatable bonds is 29. The van der Waals surface area contributed by atoms with E-state index in [1.807, 2.05) is 72.8 Å². The van der Waals surface area contributed by atoms with Crippen LogP contribution in [0, 0.1) is 0 Å². The van der Waals surface area contributed by atoms with E-state index in [0.717, 1.165) is 120 Å². The fourth-order valence-corrected chi connectivity index (χ4v) is 24.0. The minimum Gasteiger partial charge on any atom is -0.511 e. The first-order valence-corrected chi connectivity index (χ1v) is 36.1. The van der Waals surface area contributed by atoms with Gasteiger partial charge in [-0.15, -0.1) is 0 Å². The van der Waals surface area contributed by atoms with Crippen molar-refractivity contribution in [3.8, 4) is 23.0 Å². The largest absolute Gasteiger partial charge is 0.511 e. The van der Waals surface area contributed by atoms with E-state index in [-0.39, 0.29) is 23.9 Å². The molecule has 4 heterocycles. The average Bonchev–Trinajstić information content (AvgIpc) is 3.37. The molecule has 4 aliphatic heterocycles. The van der Waals surface area contributed by atoms with Gasteiger partial charge in [0.25, 0.3) is 0 Å². The summed E-state index contributed by atoms with van der Waals surface area (Å²) in [5, 5.41) is 0. The molecule has 4 atom stereocenters. The van der Waals surface area contributed by atoms with Crippen molar-refractivity contribution in [2.24, 2.45) is 0 Å². The van der Waals surface area contributed by atoms with Gasteiger partial charge in [0, 0.05) is 48.4 Å². The first-order valence-electron chi connectivity index (χ1n) is 27.1. The highest BCUT2D eigenvalue weighted by Gasteiger charge is 2.50. The summed E-state index contributed by atoms with van der Waals surface area (Å²) >= 11 is 0. The Hall–Kier alpha value is -5.17. The summed E-state index contributed by atoms with van der Waals surface area (Å²) in [7, 11) is -11.4. The Bertz CT molecular complexity index is 2490. The first-order chi connectivity index (χ1) is 35.1. The van der Waals surface area contributed by atoms with Crippen LogP contribution in [0.3, 0.4) is 0 Å². The molecule has 0 radical (unpaired) electrons. The molecule has 0 amide bonds. The second kappa shape index (κ2) is 25.2. The van der Waals surface area contributed by atoms with Crippen molar-refractivity contribution in [2.75, 3.05) is 0 Å². The second-order valence-electron chi connectivity index (χ2n) is 20.3. The van der Waals surface area contributed by atoms with Crippen molar-refractivity contribution in [3.05, 3.63) is 119 Å². The van der Waals surface area contributed by atoms with Crippen LogP contribution in [0.1, 0.15) is 171 Å². The monoisotopic (exact) mass is 1050 g/mol. The van der Waals surface area contributed by atoms with Gasteiger partial charge in [-0.1, -0.05) is 133 Å². The van der Waals surface area contributed by atoms with Crippen LogP contribution in [-0.4, -0.2) is 58.1 Å². The summed E-state index contributed by atoms with van der Waals surface area (Å²) in [4.78, 5) is 53.1. The maximum Gasteiger partial charge on any atom is 0.462 e. The fraction of sp³-hybridized carbons (Fsp3) is 0.500. The molecule has 0 bridgehead atoms. The molecule has 4 aromatic rings. The van der Waals surface area contributed by atoms with E-state index in [0.29, 0.717) is 69.4 Å². The normalized spacial score (nSPS) is 22.8. The van der Waals surface area contributed by atoms with Gasteiger partial charge in [-0.3, -0.25) is 0 Å². The van der Waals surface area contributed by atoms with Crippen molar-refractivity contribution in [3.63, 3.8) is 0 Å². The molecule has 4 aliphatic rings. The predicted molar refractivity (Wildman–Crippen MR) is 286 cm³/mol. The number of carbonyl (C=O) groups is 4. The van der Waals surface area contributed by atoms with Crippen molar-refractivity contribution >= 4 is 58.1 Å². The molecule has 8 rings (SSSR count). The third-order valence-electron chi connectivity index (χ3n) is 14.6. The molecule has 0 spiro atoms. The second-order valence-corrected chi connectivity index (χ2v) is 33.2. The minimum absolute atomic E-state index is 0.256. The SMILES string of the molecule is CCCCCCC[Si]1(CCCCCC[Si]2(CCCCCC[Si]3(CCCCCC[Si]4(CCC)OC(=O)c5ccccc5O4)OC(=O)c4ccccc4O3)OC(=O)c3ccccc3O2)OC(=O)c2ccccc2O1. The van der Waals surface area contributed by atoms with Gasteiger partial charge in [-0.25, -0.2) is 19.2 Å². The van der Waals surface area contributed by atoms with Gasteiger partial charge in [0.2, 0.25) is 0 Å². The maximum absolute atomic E-state index is 13.5. The molecule has 0 N–H and O–H groups in total. The zero-order valence-electron chi connectivity index (χ0n) is 42.5. The van der Waals surface area contributed by atoms with Crippen molar-refractivity contribution in [2.45, 2.75) is 178 Å². The molecule has 0 aromatic heterocycles. The van der Waals surface area contributed by atoms with Crippen LogP contribution in [0.2, 0.25) is 48.4 Å². The van der Waals surface area contributed by atoms with Crippen LogP contribution < -0.4 is 17.7 Å². The maximum atomic E-state index is 13.5. The molecule has 4 aromatic carbocycles. The Morgan fingerprint density at radius 3 is 0.722 bits per heavy atom. The lowest BCUT2D eigenvalue weighted by Crippen LogP contribution is -2.50. The van der Waals surface area contributed by atoms with Gasteiger partial charge in [0.1, 0.15) is 23.0 Å². The van der Waals surface area contributed by atoms with Gasteiger partial charge in [-0.05, 0) is 93.5 Å². The number of fused-ring (bicyclic) bond motifs is 4. The highest BCUT2D eigenvalue weighted by Crippen LogP contribution is 2.40. The zero-order valence-corrected chi connectivity index (χ0v) is 46.5. The van der Waals surface area contributed by atoms with Crippen LogP contribution in [-0.2, 0) is 17.7 Å². The summed E-state index contributed by atoms with van der Waals surface area (Å²) in [6, 6.07) is 35.5. The first kappa shape index (κ1) is 53.1. The van der Waals surface area contributed by atoms with Crippen LogP contribution in [0.4, 0.5) is 0 Å². The zero-order chi connectivity index (χ0) is 50.3. The Labute approximate surface area is 430 Å². The summed E-state index contributed by atoms with van der Waals surface area (Å²) in [6.45, 7) is 4.32. The van der Waals surface area contributed by atoms with Crippen molar-refractivity contribution in [1.29, 1.82) is 0 Å². The fourth-order valence-electron chi connectivity index (χ4n) is 10.8. The Kier molecular flexibility index (Phi) is 18.6. The molecular formula is C56H74O12Si4. The van der Waals surface area contributed by atoms with Crippen LogP contribution in [0.5, 0.6) is 23.0 Å². The third kappa shape index (κ3) is 13.5. The van der Waals surface area contributed by atoms with E-state index in [1.54, 1.807) is 24.3 Å².